The zero-order chi connectivity index (χ0) is 21.2. The molecule has 0 spiro atoms. The number of Topliss-reactive ketones (excluding diaryl/α,β-unsaturated/α-hetero) is 2. The Morgan fingerprint density at radius 2 is 1.50 bits per heavy atom. The molecule has 2 aromatic carbocycles. The van der Waals surface area contributed by atoms with Gasteiger partial charge in [-0.3, -0.25) is 9.59 Å². The van der Waals surface area contributed by atoms with Crippen LogP contribution in [0, 0.1) is 0 Å². The van der Waals surface area contributed by atoms with E-state index in [1.54, 1.807) is 0 Å². The molecule has 3 atom stereocenters. The number of nitrogens with one attached hydrogen (secondary N) is 2. The summed E-state index contributed by atoms with van der Waals surface area (Å²) in [6, 6.07) is 18.3. The largest absolute Gasteiger partial charge is 0.304 e. The summed E-state index contributed by atoms with van der Waals surface area (Å²) in [5.74, 6) is 0.323. The van der Waals surface area contributed by atoms with Crippen LogP contribution in [0.3, 0.4) is 0 Å². The van der Waals surface area contributed by atoms with Gasteiger partial charge in [0.2, 0.25) is 0 Å². The Hall–Kier alpha value is -2.30. The highest BCUT2D eigenvalue weighted by Gasteiger charge is 2.46. The van der Waals surface area contributed by atoms with Crippen molar-refractivity contribution in [2.75, 3.05) is 14.1 Å². The minimum atomic E-state index is -0.651. The maximum Gasteiger partial charge on any atom is 0.164 e. The van der Waals surface area contributed by atoms with Crippen LogP contribution in [0.15, 0.2) is 54.6 Å². The van der Waals surface area contributed by atoms with Gasteiger partial charge >= 0.3 is 0 Å². The number of hydrogen-bond donors (Lipinski definition) is 2. The summed E-state index contributed by atoms with van der Waals surface area (Å²) in [4.78, 5) is 26.7. The van der Waals surface area contributed by atoms with Gasteiger partial charge in [0.05, 0.1) is 0 Å². The molecule has 2 saturated carbocycles. The van der Waals surface area contributed by atoms with E-state index < -0.39 is 11.1 Å². The molecule has 4 rings (SSSR count). The molecule has 158 valence electrons. The van der Waals surface area contributed by atoms with Crippen molar-refractivity contribution in [1.82, 2.24) is 10.6 Å². The number of ketones is 2. The normalized spacial score (nSPS) is 29.7. The van der Waals surface area contributed by atoms with Gasteiger partial charge in [0.25, 0.3) is 0 Å². The van der Waals surface area contributed by atoms with Crippen molar-refractivity contribution < 1.29 is 9.59 Å². The molecule has 1 unspecified atom stereocenters. The molecule has 0 amide bonds. The van der Waals surface area contributed by atoms with E-state index >= 15 is 0 Å². The van der Waals surface area contributed by atoms with E-state index in [0.29, 0.717) is 6.42 Å². The summed E-state index contributed by atoms with van der Waals surface area (Å²) in [7, 11) is 3.77. The van der Waals surface area contributed by atoms with E-state index in [2.05, 4.69) is 22.8 Å². The second kappa shape index (κ2) is 8.44. The van der Waals surface area contributed by atoms with E-state index in [0.717, 1.165) is 55.2 Å². The highest BCUT2D eigenvalue weighted by Crippen LogP contribution is 2.42. The smallest absolute Gasteiger partial charge is 0.164 e. The molecule has 0 aromatic heterocycles. The van der Waals surface area contributed by atoms with E-state index in [-0.39, 0.29) is 17.5 Å². The maximum absolute atomic E-state index is 13.8. The Bertz CT molecular complexity index is 926. The average Bonchev–Trinajstić information content (AvgIpc) is 2.80. The molecule has 0 saturated heterocycles. The van der Waals surface area contributed by atoms with Crippen molar-refractivity contribution in [2.24, 2.45) is 0 Å². The standard InChI is InChI=1S/C26H32N2O2/c1-27-25(16-7-6-15-23(25)29)21-13-8-10-19(18-21)22-14-9-17-26(28-2,24(22)30)20-11-4-3-5-12-20/h3-5,8,10-13,18,22,27-28H,6-7,9,14-17H2,1-2H3/t22?,25-,26+/m1/s1. The molecule has 0 heterocycles. The lowest BCUT2D eigenvalue weighted by atomic mass is 9.68. The summed E-state index contributed by atoms with van der Waals surface area (Å²) >= 11 is 0. The lowest BCUT2D eigenvalue weighted by Gasteiger charge is -2.40. The van der Waals surface area contributed by atoms with Crippen LogP contribution in [-0.4, -0.2) is 25.7 Å². The van der Waals surface area contributed by atoms with Crippen LogP contribution in [0.5, 0.6) is 0 Å². The zero-order valence-corrected chi connectivity index (χ0v) is 18.0. The minimum absolute atomic E-state index is 0.168. The summed E-state index contributed by atoms with van der Waals surface area (Å²) in [6.45, 7) is 0. The number of likely N-dealkylation sites (N-methyl/N-ethyl adjacent to an activating group) is 2. The molecule has 30 heavy (non-hydrogen) atoms. The number of carbonyl (C=O) groups is 2. The Labute approximate surface area is 179 Å². The second-order valence-electron chi connectivity index (χ2n) is 8.74. The molecular formula is C26H32N2O2. The third kappa shape index (κ3) is 3.32. The Morgan fingerprint density at radius 3 is 2.20 bits per heavy atom. The molecular weight excluding hydrogens is 372 g/mol. The highest BCUT2D eigenvalue weighted by atomic mass is 16.1. The van der Waals surface area contributed by atoms with Gasteiger partial charge in [-0.1, -0.05) is 61.0 Å². The zero-order valence-electron chi connectivity index (χ0n) is 18.0. The second-order valence-corrected chi connectivity index (χ2v) is 8.74. The van der Waals surface area contributed by atoms with Crippen LogP contribution in [0.4, 0.5) is 0 Å². The monoisotopic (exact) mass is 404 g/mol. The summed E-state index contributed by atoms with van der Waals surface area (Å²) < 4.78 is 0. The van der Waals surface area contributed by atoms with Gasteiger partial charge in [0, 0.05) is 12.3 Å². The van der Waals surface area contributed by atoms with Gasteiger partial charge in [-0.15, -0.1) is 0 Å². The summed E-state index contributed by atoms with van der Waals surface area (Å²) in [5.41, 5.74) is 1.79. The fourth-order valence-electron chi connectivity index (χ4n) is 5.61. The van der Waals surface area contributed by atoms with Crippen LogP contribution in [0.1, 0.15) is 67.6 Å². The molecule has 2 aromatic rings. The predicted octanol–water partition coefficient (Wildman–Crippen LogP) is 4.20. The first-order chi connectivity index (χ1) is 14.6. The average molecular weight is 405 g/mol. The lowest BCUT2D eigenvalue weighted by molar-refractivity contribution is -0.129. The third-order valence-electron chi connectivity index (χ3n) is 7.37. The maximum atomic E-state index is 13.8. The van der Waals surface area contributed by atoms with Crippen molar-refractivity contribution in [3.8, 4) is 0 Å². The van der Waals surface area contributed by atoms with Gasteiger partial charge in [0.1, 0.15) is 11.1 Å². The molecule has 2 aliphatic carbocycles. The van der Waals surface area contributed by atoms with E-state index in [4.69, 9.17) is 0 Å². The fourth-order valence-corrected chi connectivity index (χ4v) is 5.61. The van der Waals surface area contributed by atoms with Gasteiger partial charge in [-0.2, -0.15) is 0 Å². The van der Waals surface area contributed by atoms with Crippen LogP contribution in [0.25, 0.3) is 0 Å². The molecule has 4 nitrogen and oxygen atoms in total. The SMILES string of the molecule is CN[C@@]1(c2cccc(C3CCC[C@](NC)(c4ccccc4)C3=O)c2)CCCCC1=O. The van der Waals surface area contributed by atoms with Crippen molar-refractivity contribution >= 4 is 11.6 Å². The van der Waals surface area contributed by atoms with Crippen LogP contribution >= 0.6 is 0 Å². The number of hydrogen-bond acceptors (Lipinski definition) is 4. The topological polar surface area (TPSA) is 58.2 Å². The van der Waals surface area contributed by atoms with E-state index in [9.17, 15) is 9.59 Å². The summed E-state index contributed by atoms with van der Waals surface area (Å²) in [6.07, 6.45) is 6.06. The van der Waals surface area contributed by atoms with Gasteiger partial charge in [0.15, 0.2) is 11.6 Å². The Kier molecular flexibility index (Phi) is 5.90. The van der Waals surface area contributed by atoms with Crippen molar-refractivity contribution in [3.05, 3.63) is 71.3 Å². The van der Waals surface area contributed by atoms with Crippen LogP contribution in [-0.2, 0) is 20.7 Å². The van der Waals surface area contributed by atoms with E-state index in [1.165, 1.54) is 0 Å². The Balaban J connectivity index is 1.72. The minimum Gasteiger partial charge on any atom is -0.304 e. The first-order valence-electron chi connectivity index (χ1n) is 11.2. The first kappa shape index (κ1) is 21.0. The first-order valence-corrected chi connectivity index (χ1v) is 11.2. The molecule has 0 aliphatic heterocycles. The van der Waals surface area contributed by atoms with Crippen LogP contribution in [0.2, 0.25) is 0 Å². The summed E-state index contributed by atoms with van der Waals surface area (Å²) in [5, 5.41) is 6.70. The predicted molar refractivity (Wildman–Crippen MR) is 119 cm³/mol. The highest BCUT2D eigenvalue weighted by molar-refractivity contribution is 5.96. The molecule has 2 N–H and O–H groups in total. The molecule has 2 fully saturated rings. The number of rotatable bonds is 5. The van der Waals surface area contributed by atoms with Gasteiger partial charge in [-0.25, -0.2) is 0 Å². The number of carbonyl (C=O) groups excluding carboxylic acids is 2. The lowest BCUT2D eigenvalue weighted by Crippen LogP contribution is -2.52. The quantitative estimate of drug-likeness (QED) is 0.784. The third-order valence-corrected chi connectivity index (χ3v) is 7.37. The van der Waals surface area contributed by atoms with Crippen LogP contribution < -0.4 is 10.6 Å². The fraction of sp³-hybridized carbons (Fsp3) is 0.462. The van der Waals surface area contributed by atoms with Crippen molar-refractivity contribution in [1.29, 1.82) is 0 Å². The molecule has 2 aliphatic rings. The van der Waals surface area contributed by atoms with Gasteiger partial charge < -0.3 is 10.6 Å². The molecule has 4 heteroatoms. The van der Waals surface area contributed by atoms with Crippen molar-refractivity contribution in [3.63, 3.8) is 0 Å². The van der Waals surface area contributed by atoms with Crippen molar-refractivity contribution in [2.45, 2.75) is 61.9 Å². The molecule has 0 bridgehead atoms. The molecule has 0 radical (unpaired) electrons. The van der Waals surface area contributed by atoms with E-state index in [1.807, 2.05) is 56.6 Å². The Morgan fingerprint density at radius 1 is 0.800 bits per heavy atom. The van der Waals surface area contributed by atoms with Gasteiger partial charge in [-0.05, 0) is 62.9 Å². The number of benzene rings is 2.